The summed E-state index contributed by atoms with van der Waals surface area (Å²) in [6, 6.07) is 5.41. The van der Waals surface area contributed by atoms with Gasteiger partial charge in [0.1, 0.15) is 6.34 Å². The Hall–Kier alpha value is -1.06. The zero-order chi connectivity index (χ0) is 8.97. The van der Waals surface area contributed by atoms with Gasteiger partial charge in [0.2, 0.25) is 0 Å². The van der Waals surface area contributed by atoms with Crippen LogP contribution in [0.25, 0.3) is 0 Å². The van der Waals surface area contributed by atoms with Crippen molar-refractivity contribution in [2.75, 3.05) is 0 Å². The Bertz CT molecular complexity index is 299. The minimum atomic E-state index is 0.669. The molecule has 0 amide bonds. The van der Waals surface area contributed by atoms with Crippen molar-refractivity contribution in [1.82, 2.24) is 5.48 Å². The summed E-state index contributed by atoms with van der Waals surface area (Å²) in [5, 5.41) is 8.92. The van der Waals surface area contributed by atoms with Gasteiger partial charge in [0.05, 0.1) is 5.69 Å². The summed E-state index contributed by atoms with van der Waals surface area (Å²) < 4.78 is 0. The molecule has 1 rings (SSSR count). The molecular formula is C8H9ClN2O. The number of benzene rings is 1. The zero-order valence-electron chi connectivity index (χ0n) is 6.58. The number of rotatable bonds is 2. The lowest BCUT2D eigenvalue weighted by Crippen LogP contribution is -2.01. The van der Waals surface area contributed by atoms with E-state index in [9.17, 15) is 0 Å². The smallest absolute Gasteiger partial charge is 0.113 e. The second kappa shape index (κ2) is 4.09. The number of halogens is 1. The lowest BCUT2D eigenvalue weighted by Gasteiger charge is -2.00. The summed E-state index contributed by atoms with van der Waals surface area (Å²) in [4.78, 5) is 3.91. The molecule has 0 saturated heterocycles. The first-order valence-electron chi connectivity index (χ1n) is 3.43. The van der Waals surface area contributed by atoms with Crippen LogP contribution in [0.4, 0.5) is 5.69 Å². The molecule has 12 heavy (non-hydrogen) atoms. The van der Waals surface area contributed by atoms with Gasteiger partial charge in [0, 0.05) is 5.02 Å². The largest absolute Gasteiger partial charge is 0.290 e. The molecule has 0 aliphatic carbocycles. The molecule has 0 radical (unpaired) electrons. The number of hydrogen-bond donors (Lipinski definition) is 2. The normalized spacial score (nSPS) is 10.6. The average molecular weight is 185 g/mol. The lowest BCUT2D eigenvalue weighted by atomic mass is 10.2. The molecule has 0 spiro atoms. The van der Waals surface area contributed by atoms with Crippen LogP contribution in [-0.2, 0) is 0 Å². The predicted molar refractivity (Wildman–Crippen MR) is 49.3 cm³/mol. The van der Waals surface area contributed by atoms with Gasteiger partial charge in [0.15, 0.2) is 0 Å². The maximum Gasteiger partial charge on any atom is 0.113 e. The van der Waals surface area contributed by atoms with E-state index in [1.54, 1.807) is 12.1 Å². The molecule has 1 aromatic rings. The molecule has 0 bridgehead atoms. The fourth-order valence-corrected chi connectivity index (χ4v) is 1.00. The van der Waals surface area contributed by atoms with Crippen molar-refractivity contribution in [1.29, 1.82) is 0 Å². The quantitative estimate of drug-likeness (QED) is 0.421. The standard InChI is InChI=1S/C8H9ClN2O/c1-6-7(9)3-2-4-8(6)10-5-11-12/h2-5,12H,1H3,(H,10,11). The van der Waals surface area contributed by atoms with Crippen LogP contribution >= 0.6 is 11.6 Å². The van der Waals surface area contributed by atoms with Crippen molar-refractivity contribution in [3.8, 4) is 0 Å². The second-order valence-corrected chi connectivity index (χ2v) is 2.68. The Morgan fingerprint density at radius 2 is 2.33 bits per heavy atom. The number of hydrogen-bond acceptors (Lipinski definition) is 2. The summed E-state index contributed by atoms with van der Waals surface area (Å²) in [5.41, 5.74) is 3.46. The highest BCUT2D eigenvalue weighted by atomic mass is 35.5. The highest BCUT2D eigenvalue weighted by Gasteiger charge is 1.98. The fraction of sp³-hybridized carbons (Fsp3) is 0.125. The molecule has 1 aromatic carbocycles. The van der Waals surface area contributed by atoms with Gasteiger partial charge >= 0.3 is 0 Å². The number of nitrogens with one attached hydrogen (secondary N) is 1. The number of aliphatic imine (C=N–C) groups is 1. The van der Waals surface area contributed by atoms with E-state index in [4.69, 9.17) is 16.8 Å². The molecular weight excluding hydrogens is 176 g/mol. The van der Waals surface area contributed by atoms with Gasteiger partial charge < -0.3 is 0 Å². The van der Waals surface area contributed by atoms with Crippen molar-refractivity contribution in [2.24, 2.45) is 4.99 Å². The van der Waals surface area contributed by atoms with Gasteiger partial charge in [-0.15, -0.1) is 0 Å². The van der Waals surface area contributed by atoms with Crippen LogP contribution in [0.5, 0.6) is 0 Å². The van der Waals surface area contributed by atoms with Gasteiger partial charge in [0.25, 0.3) is 0 Å². The van der Waals surface area contributed by atoms with Crippen LogP contribution in [-0.4, -0.2) is 11.5 Å². The summed E-state index contributed by atoms with van der Waals surface area (Å²) in [6.07, 6.45) is 1.19. The van der Waals surface area contributed by atoms with E-state index in [0.717, 1.165) is 11.3 Å². The molecule has 4 heteroatoms. The molecule has 0 fully saturated rings. The van der Waals surface area contributed by atoms with Crippen molar-refractivity contribution in [2.45, 2.75) is 6.92 Å². The third-order valence-electron chi connectivity index (χ3n) is 1.50. The Labute approximate surface area is 75.7 Å². The molecule has 0 aliphatic rings. The second-order valence-electron chi connectivity index (χ2n) is 2.27. The van der Waals surface area contributed by atoms with E-state index in [1.165, 1.54) is 6.34 Å². The van der Waals surface area contributed by atoms with E-state index in [0.29, 0.717) is 5.02 Å². The summed E-state index contributed by atoms with van der Waals surface area (Å²) in [7, 11) is 0. The molecule has 0 saturated carbocycles. The van der Waals surface area contributed by atoms with Crippen molar-refractivity contribution >= 4 is 23.6 Å². The molecule has 2 N–H and O–H groups in total. The van der Waals surface area contributed by atoms with E-state index < -0.39 is 0 Å². The molecule has 0 aromatic heterocycles. The Kier molecular flexibility index (Phi) is 3.08. The van der Waals surface area contributed by atoms with Crippen LogP contribution in [0.3, 0.4) is 0 Å². The Morgan fingerprint density at radius 1 is 1.58 bits per heavy atom. The van der Waals surface area contributed by atoms with E-state index >= 15 is 0 Å². The van der Waals surface area contributed by atoms with E-state index in [-0.39, 0.29) is 0 Å². The number of hydroxylamine groups is 1. The van der Waals surface area contributed by atoms with E-state index in [2.05, 4.69) is 4.99 Å². The fourth-order valence-electron chi connectivity index (χ4n) is 0.834. The van der Waals surface area contributed by atoms with Gasteiger partial charge in [-0.1, -0.05) is 17.7 Å². The van der Waals surface area contributed by atoms with Crippen molar-refractivity contribution < 1.29 is 5.21 Å². The van der Waals surface area contributed by atoms with E-state index in [1.807, 2.05) is 18.5 Å². The Morgan fingerprint density at radius 3 is 3.00 bits per heavy atom. The van der Waals surface area contributed by atoms with Crippen LogP contribution < -0.4 is 5.48 Å². The van der Waals surface area contributed by atoms with Gasteiger partial charge in [-0.25, -0.2) is 4.99 Å². The first-order chi connectivity index (χ1) is 5.75. The minimum absolute atomic E-state index is 0.669. The zero-order valence-corrected chi connectivity index (χ0v) is 7.34. The van der Waals surface area contributed by atoms with Crippen LogP contribution in [0.15, 0.2) is 23.2 Å². The van der Waals surface area contributed by atoms with Crippen LogP contribution in [0, 0.1) is 6.92 Å². The van der Waals surface area contributed by atoms with Crippen LogP contribution in [0.2, 0.25) is 5.02 Å². The highest BCUT2D eigenvalue weighted by molar-refractivity contribution is 6.31. The lowest BCUT2D eigenvalue weighted by molar-refractivity contribution is 0.240. The summed E-state index contributed by atoms with van der Waals surface area (Å²) in [5.74, 6) is 0. The van der Waals surface area contributed by atoms with Gasteiger partial charge in [-0.05, 0) is 24.6 Å². The molecule has 0 atom stereocenters. The molecule has 64 valence electrons. The van der Waals surface area contributed by atoms with Gasteiger partial charge in [-0.3, -0.25) is 10.7 Å². The monoisotopic (exact) mass is 184 g/mol. The van der Waals surface area contributed by atoms with Crippen molar-refractivity contribution in [3.63, 3.8) is 0 Å². The topological polar surface area (TPSA) is 44.6 Å². The Balaban J connectivity index is 3.00. The SMILES string of the molecule is Cc1c(Cl)cccc1N=CNO. The van der Waals surface area contributed by atoms with Crippen molar-refractivity contribution in [3.05, 3.63) is 28.8 Å². The minimum Gasteiger partial charge on any atom is -0.290 e. The molecule has 0 aliphatic heterocycles. The summed E-state index contributed by atoms with van der Waals surface area (Å²) in [6.45, 7) is 1.87. The average Bonchev–Trinajstić information content (AvgIpc) is 2.08. The highest BCUT2D eigenvalue weighted by Crippen LogP contribution is 2.24. The molecule has 3 nitrogen and oxygen atoms in total. The number of nitrogens with zero attached hydrogens (tertiary/aromatic N) is 1. The summed E-state index contributed by atoms with van der Waals surface area (Å²) >= 11 is 5.84. The van der Waals surface area contributed by atoms with Crippen LogP contribution in [0.1, 0.15) is 5.56 Å². The van der Waals surface area contributed by atoms with Gasteiger partial charge in [-0.2, -0.15) is 0 Å². The molecule has 0 heterocycles. The predicted octanol–water partition coefficient (Wildman–Crippen LogP) is 2.29. The third-order valence-corrected chi connectivity index (χ3v) is 1.91. The third kappa shape index (κ3) is 1.96. The maximum atomic E-state index is 8.26. The first-order valence-corrected chi connectivity index (χ1v) is 3.81. The first kappa shape index (κ1) is 9.03. The molecule has 0 unspecified atom stereocenters. The maximum absolute atomic E-state index is 8.26.